The third-order valence-electron chi connectivity index (χ3n) is 3.59. The summed E-state index contributed by atoms with van der Waals surface area (Å²) in [5.41, 5.74) is 0.625. The second kappa shape index (κ2) is 3.82. The lowest BCUT2D eigenvalue weighted by atomic mass is 9.98. The van der Waals surface area contributed by atoms with E-state index in [0.29, 0.717) is 5.41 Å². The number of rotatable bonds is 3. The van der Waals surface area contributed by atoms with Crippen LogP contribution in [0.4, 0.5) is 0 Å². The molecule has 2 aliphatic rings. The van der Waals surface area contributed by atoms with Gasteiger partial charge in [-0.15, -0.1) is 0 Å². The minimum atomic E-state index is 0.625. The lowest BCUT2D eigenvalue weighted by Gasteiger charge is -2.33. The van der Waals surface area contributed by atoms with Crippen molar-refractivity contribution in [2.75, 3.05) is 25.4 Å². The highest BCUT2D eigenvalue weighted by molar-refractivity contribution is 7.80. The Morgan fingerprint density at radius 2 is 2.23 bits per heavy atom. The minimum Gasteiger partial charge on any atom is -0.302 e. The summed E-state index contributed by atoms with van der Waals surface area (Å²) in [5, 5.41) is 0. The Balaban J connectivity index is 1.80. The van der Waals surface area contributed by atoms with Gasteiger partial charge in [-0.05, 0) is 49.3 Å². The Kier molecular flexibility index (Phi) is 2.89. The topological polar surface area (TPSA) is 3.24 Å². The summed E-state index contributed by atoms with van der Waals surface area (Å²) in [6, 6.07) is 0. The molecule has 1 saturated carbocycles. The normalized spacial score (nSPS) is 33.2. The molecule has 0 N–H and O–H groups in total. The zero-order chi connectivity index (χ0) is 9.31. The van der Waals surface area contributed by atoms with Gasteiger partial charge in [0.05, 0.1) is 0 Å². The average molecular weight is 199 g/mol. The van der Waals surface area contributed by atoms with Crippen LogP contribution in [0.25, 0.3) is 0 Å². The molecule has 2 heteroatoms. The molecule has 0 spiro atoms. The predicted octanol–water partition coefficient (Wildman–Crippen LogP) is 2.43. The van der Waals surface area contributed by atoms with E-state index in [4.69, 9.17) is 0 Å². The first kappa shape index (κ1) is 9.85. The van der Waals surface area contributed by atoms with E-state index in [1.165, 1.54) is 45.3 Å². The Morgan fingerprint density at radius 1 is 1.46 bits per heavy atom. The van der Waals surface area contributed by atoms with Gasteiger partial charge in [0.1, 0.15) is 0 Å². The molecule has 76 valence electrons. The van der Waals surface area contributed by atoms with Crippen LogP contribution in [0.3, 0.4) is 0 Å². The van der Waals surface area contributed by atoms with Gasteiger partial charge in [-0.1, -0.05) is 6.92 Å². The van der Waals surface area contributed by atoms with Gasteiger partial charge in [0.25, 0.3) is 0 Å². The summed E-state index contributed by atoms with van der Waals surface area (Å²) in [6.45, 7) is 6.36. The van der Waals surface area contributed by atoms with E-state index < -0.39 is 0 Å². The fourth-order valence-electron chi connectivity index (χ4n) is 2.45. The van der Waals surface area contributed by atoms with Gasteiger partial charge in [-0.25, -0.2) is 0 Å². The van der Waals surface area contributed by atoms with Gasteiger partial charge in [0.15, 0.2) is 0 Å². The summed E-state index contributed by atoms with van der Waals surface area (Å²) >= 11 is 4.46. The van der Waals surface area contributed by atoms with Crippen LogP contribution in [0.15, 0.2) is 0 Å². The third kappa shape index (κ3) is 2.41. The molecule has 1 atom stereocenters. The Hall–Kier alpha value is 0.310. The predicted molar refractivity (Wildman–Crippen MR) is 60.4 cm³/mol. The van der Waals surface area contributed by atoms with Crippen LogP contribution in [-0.4, -0.2) is 30.3 Å². The molecular weight excluding hydrogens is 178 g/mol. The monoisotopic (exact) mass is 199 g/mol. The first-order chi connectivity index (χ1) is 6.24. The molecule has 13 heavy (non-hydrogen) atoms. The van der Waals surface area contributed by atoms with Gasteiger partial charge in [-0.2, -0.15) is 12.6 Å². The van der Waals surface area contributed by atoms with Gasteiger partial charge in [0, 0.05) is 13.1 Å². The van der Waals surface area contributed by atoms with Crippen molar-refractivity contribution in [1.82, 2.24) is 4.90 Å². The molecule has 0 aromatic carbocycles. The molecule has 0 aromatic rings. The molecule has 1 saturated heterocycles. The molecule has 1 aliphatic heterocycles. The largest absolute Gasteiger partial charge is 0.302 e. The maximum Gasteiger partial charge on any atom is 0.00459 e. The highest BCUT2D eigenvalue weighted by Crippen LogP contribution is 2.47. The number of piperidine rings is 1. The molecule has 0 amide bonds. The van der Waals surface area contributed by atoms with Crippen molar-refractivity contribution in [1.29, 1.82) is 0 Å². The first-order valence-corrected chi connectivity index (χ1v) is 6.21. The highest BCUT2D eigenvalue weighted by atomic mass is 32.1. The zero-order valence-corrected chi connectivity index (χ0v) is 9.52. The molecule has 1 aliphatic carbocycles. The first-order valence-electron chi connectivity index (χ1n) is 5.57. The fourth-order valence-corrected chi connectivity index (χ4v) is 2.86. The van der Waals surface area contributed by atoms with E-state index in [1.54, 1.807) is 0 Å². The lowest BCUT2D eigenvalue weighted by Crippen LogP contribution is -2.38. The molecule has 1 nitrogen and oxygen atoms in total. The molecular formula is C11H21NS. The van der Waals surface area contributed by atoms with Gasteiger partial charge in [-0.3, -0.25) is 0 Å². The van der Waals surface area contributed by atoms with Crippen molar-refractivity contribution in [2.45, 2.75) is 32.6 Å². The van der Waals surface area contributed by atoms with Gasteiger partial charge in [0.2, 0.25) is 0 Å². The van der Waals surface area contributed by atoms with Gasteiger partial charge >= 0.3 is 0 Å². The maximum absolute atomic E-state index is 4.46. The summed E-state index contributed by atoms with van der Waals surface area (Å²) in [4.78, 5) is 2.66. The highest BCUT2D eigenvalue weighted by Gasteiger charge is 2.42. The molecule has 2 rings (SSSR count). The van der Waals surface area contributed by atoms with Crippen molar-refractivity contribution < 1.29 is 0 Å². The van der Waals surface area contributed by atoms with E-state index in [2.05, 4.69) is 24.5 Å². The van der Waals surface area contributed by atoms with E-state index >= 15 is 0 Å². The fraction of sp³-hybridized carbons (Fsp3) is 1.00. The number of likely N-dealkylation sites (tertiary alicyclic amines) is 1. The molecule has 0 aromatic heterocycles. The minimum absolute atomic E-state index is 0.625. The van der Waals surface area contributed by atoms with Crippen molar-refractivity contribution in [2.24, 2.45) is 11.3 Å². The number of hydrogen-bond acceptors (Lipinski definition) is 2. The van der Waals surface area contributed by atoms with E-state index in [0.717, 1.165) is 11.7 Å². The second-order valence-corrected chi connectivity index (χ2v) is 5.46. The van der Waals surface area contributed by atoms with Crippen molar-refractivity contribution >= 4 is 12.6 Å². The molecule has 0 radical (unpaired) electrons. The smallest absolute Gasteiger partial charge is 0.00459 e. The summed E-state index contributed by atoms with van der Waals surface area (Å²) in [7, 11) is 0. The Bertz CT molecular complexity index is 177. The van der Waals surface area contributed by atoms with E-state index in [9.17, 15) is 0 Å². The van der Waals surface area contributed by atoms with Crippen LogP contribution >= 0.6 is 12.6 Å². The summed E-state index contributed by atoms with van der Waals surface area (Å²) in [5.74, 6) is 2.02. The molecule has 0 bridgehead atoms. The standard InChI is InChI=1S/C11H21NS/c1-10-3-2-6-12(7-10)8-11(9-13)4-5-11/h10,13H,2-9H2,1H3. The van der Waals surface area contributed by atoms with Crippen molar-refractivity contribution in [3.8, 4) is 0 Å². The second-order valence-electron chi connectivity index (χ2n) is 5.14. The summed E-state index contributed by atoms with van der Waals surface area (Å²) in [6.07, 6.45) is 5.68. The van der Waals surface area contributed by atoms with Crippen molar-refractivity contribution in [3.63, 3.8) is 0 Å². The number of hydrogen-bond donors (Lipinski definition) is 1. The van der Waals surface area contributed by atoms with Gasteiger partial charge < -0.3 is 4.90 Å². The van der Waals surface area contributed by atoms with Crippen LogP contribution in [0.1, 0.15) is 32.6 Å². The lowest BCUT2D eigenvalue weighted by molar-refractivity contribution is 0.158. The van der Waals surface area contributed by atoms with Crippen molar-refractivity contribution in [3.05, 3.63) is 0 Å². The average Bonchev–Trinajstić information content (AvgIpc) is 2.86. The quantitative estimate of drug-likeness (QED) is 0.683. The van der Waals surface area contributed by atoms with E-state index in [-0.39, 0.29) is 0 Å². The van der Waals surface area contributed by atoms with Crippen LogP contribution in [0.2, 0.25) is 0 Å². The molecule has 2 fully saturated rings. The third-order valence-corrected chi connectivity index (χ3v) is 4.26. The molecule has 1 heterocycles. The van der Waals surface area contributed by atoms with Crippen LogP contribution in [0, 0.1) is 11.3 Å². The Morgan fingerprint density at radius 3 is 2.77 bits per heavy atom. The zero-order valence-electron chi connectivity index (χ0n) is 8.63. The number of thiol groups is 1. The SMILES string of the molecule is CC1CCCN(CC2(CS)CC2)C1. The molecule has 1 unspecified atom stereocenters. The van der Waals surface area contributed by atoms with E-state index in [1.807, 2.05) is 0 Å². The van der Waals surface area contributed by atoms with Crippen LogP contribution < -0.4 is 0 Å². The Labute approximate surface area is 87.3 Å². The van der Waals surface area contributed by atoms with Crippen LogP contribution in [-0.2, 0) is 0 Å². The number of nitrogens with zero attached hydrogens (tertiary/aromatic N) is 1. The van der Waals surface area contributed by atoms with Crippen LogP contribution in [0.5, 0.6) is 0 Å². The maximum atomic E-state index is 4.46. The summed E-state index contributed by atoms with van der Waals surface area (Å²) < 4.78 is 0.